The van der Waals surface area contributed by atoms with Crippen molar-refractivity contribution in [1.82, 2.24) is 9.80 Å². The number of nitrogens with zero attached hydrogens (tertiary/aromatic N) is 2. The Bertz CT molecular complexity index is 926. The Morgan fingerprint density at radius 2 is 1.56 bits per heavy atom. The molecule has 2 aliphatic heterocycles. The number of carbonyl (C=O) groups excluding carboxylic acids is 1. The summed E-state index contributed by atoms with van der Waals surface area (Å²) < 4.78 is 24.4. The maximum Gasteiger partial charge on any atom is 0.219 e. The molecule has 0 saturated carbocycles. The molecule has 2 heterocycles. The van der Waals surface area contributed by atoms with E-state index in [1.54, 1.807) is 4.90 Å². The van der Waals surface area contributed by atoms with Gasteiger partial charge in [-0.1, -0.05) is 54.6 Å². The predicted molar refractivity (Wildman–Crippen MR) is 106 cm³/mol. The van der Waals surface area contributed by atoms with E-state index in [9.17, 15) is 13.2 Å². The third-order valence-electron chi connectivity index (χ3n) is 5.64. The van der Waals surface area contributed by atoms with Crippen LogP contribution in [0.4, 0.5) is 0 Å². The zero-order chi connectivity index (χ0) is 19.0. The van der Waals surface area contributed by atoms with Crippen molar-refractivity contribution in [3.63, 3.8) is 0 Å². The van der Waals surface area contributed by atoms with E-state index in [4.69, 9.17) is 0 Å². The normalized spacial score (nSPS) is 24.6. The minimum Gasteiger partial charge on any atom is -0.336 e. The number of piperazine rings is 1. The topological polar surface area (TPSA) is 57.7 Å². The summed E-state index contributed by atoms with van der Waals surface area (Å²) in [5, 5.41) is 0. The summed E-state index contributed by atoms with van der Waals surface area (Å²) in [6.45, 7) is 3.53. The molecule has 4 rings (SSSR count). The lowest BCUT2D eigenvalue weighted by Crippen LogP contribution is -2.59. The number of fused-ring (bicyclic) bond motifs is 1. The van der Waals surface area contributed by atoms with Crippen LogP contribution in [0.2, 0.25) is 0 Å². The van der Waals surface area contributed by atoms with E-state index in [0.717, 1.165) is 5.56 Å². The van der Waals surface area contributed by atoms with Crippen molar-refractivity contribution >= 4 is 15.7 Å². The highest BCUT2D eigenvalue weighted by molar-refractivity contribution is 7.91. The van der Waals surface area contributed by atoms with E-state index in [2.05, 4.69) is 41.3 Å². The van der Waals surface area contributed by atoms with Crippen LogP contribution in [0.15, 0.2) is 54.6 Å². The molecule has 0 N–H and O–H groups in total. The molecule has 0 bridgehead atoms. The maximum atomic E-state index is 12.2. The Hall–Kier alpha value is -2.18. The molecular formula is C21H24N2O3S. The van der Waals surface area contributed by atoms with Gasteiger partial charge in [0.1, 0.15) is 0 Å². The highest BCUT2D eigenvalue weighted by Crippen LogP contribution is 2.29. The SMILES string of the molecule is CC(=O)N1CCN(Cc2ccc(-c3ccccc3)cc2)[C@@H]2CS(=O)(=O)C[C@@H]21. The molecule has 5 nitrogen and oxygen atoms in total. The van der Waals surface area contributed by atoms with Gasteiger partial charge in [0, 0.05) is 32.6 Å². The van der Waals surface area contributed by atoms with Gasteiger partial charge in [-0.05, 0) is 16.7 Å². The zero-order valence-electron chi connectivity index (χ0n) is 15.4. The third kappa shape index (κ3) is 3.77. The Kier molecular flexibility index (Phi) is 4.78. The minimum atomic E-state index is -3.10. The van der Waals surface area contributed by atoms with Crippen LogP contribution in [0.5, 0.6) is 0 Å². The molecule has 2 aromatic rings. The lowest BCUT2D eigenvalue weighted by Gasteiger charge is -2.43. The van der Waals surface area contributed by atoms with E-state index in [1.807, 2.05) is 18.2 Å². The quantitative estimate of drug-likeness (QED) is 0.814. The van der Waals surface area contributed by atoms with Gasteiger partial charge in [0.05, 0.1) is 17.5 Å². The fourth-order valence-corrected chi connectivity index (χ4v) is 6.29. The van der Waals surface area contributed by atoms with Crippen LogP contribution in [0.3, 0.4) is 0 Å². The summed E-state index contributed by atoms with van der Waals surface area (Å²) in [6, 6.07) is 18.3. The summed E-state index contributed by atoms with van der Waals surface area (Å²) in [4.78, 5) is 15.9. The number of sulfone groups is 1. The van der Waals surface area contributed by atoms with E-state index >= 15 is 0 Å². The van der Waals surface area contributed by atoms with Crippen molar-refractivity contribution in [2.75, 3.05) is 24.6 Å². The van der Waals surface area contributed by atoms with Gasteiger partial charge in [0.25, 0.3) is 0 Å². The minimum absolute atomic E-state index is 0.0334. The molecule has 0 aromatic heterocycles. The maximum absolute atomic E-state index is 12.2. The summed E-state index contributed by atoms with van der Waals surface area (Å²) in [6.07, 6.45) is 0. The van der Waals surface area contributed by atoms with Gasteiger partial charge in [-0.15, -0.1) is 0 Å². The van der Waals surface area contributed by atoms with E-state index in [0.29, 0.717) is 19.6 Å². The van der Waals surface area contributed by atoms with Crippen molar-refractivity contribution in [3.8, 4) is 11.1 Å². The lowest BCUT2D eigenvalue weighted by molar-refractivity contribution is -0.134. The molecule has 142 valence electrons. The Morgan fingerprint density at radius 3 is 2.22 bits per heavy atom. The standard InChI is InChI=1S/C21H24N2O3S/c1-16(24)23-12-11-22(20-14-27(25,26)15-21(20)23)13-17-7-9-19(10-8-17)18-5-3-2-4-6-18/h2-10,20-21H,11-15H2,1H3/t20-,21+/m1/s1. The molecule has 2 atom stereocenters. The molecule has 27 heavy (non-hydrogen) atoms. The summed E-state index contributed by atoms with van der Waals surface area (Å²) in [5.74, 6) is 0.193. The second-order valence-electron chi connectivity index (χ2n) is 7.46. The number of hydrogen-bond acceptors (Lipinski definition) is 4. The van der Waals surface area contributed by atoms with Crippen LogP contribution in [0, 0.1) is 0 Å². The van der Waals surface area contributed by atoms with Crippen molar-refractivity contribution in [1.29, 1.82) is 0 Å². The average molecular weight is 385 g/mol. The first-order valence-corrected chi connectivity index (χ1v) is 11.1. The number of rotatable bonds is 3. The van der Waals surface area contributed by atoms with Crippen LogP contribution >= 0.6 is 0 Å². The summed E-state index contributed by atoms with van der Waals surface area (Å²) >= 11 is 0. The number of carbonyl (C=O) groups is 1. The smallest absolute Gasteiger partial charge is 0.219 e. The van der Waals surface area contributed by atoms with Gasteiger partial charge >= 0.3 is 0 Å². The molecule has 0 unspecified atom stereocenters. The zero-order valence-corrected chi connectivity index (χ0v) is 16.2. The Balaban J connectivity index is 1.52. The van der Waals surface area contributed by atoms with Crippen LogP contribution in [-0.4, -0.2) is 60.8 Å². The number of hydrogen-bond donors (Lipinski definition) is 0. The summed E-state index contributed by atoms with van der Waals surface area (Å²) in [5.41, 5.74) is 3.51. The van der Waals surface area contributed by atoms with Crippen LogP contribution < -0.4 is 0 Å². The monoisotopic (exact) mass is 384 g/mol. The van der Waals surface area contributed by atoms with Crippen molar-refractivity contribution in [2.45, 2.75) is 25.6 Å². The first-order valence-electron chi connectivity index (χ1n) is 9.29. The van der Waals surface area contributed by atoms with Gasteiger partial charge in [-0.25, -0.2) is 8.42 Å². The van der Waals surface area contributed by atoms with Gasteiger partial charge in [0.2, 0.25) is 5.91 Å². The first kappa shape index (κ1) is 18.2. The molecule has 2 aliphatic rings. The van der Waals surface area contributed by atoms with Gasteiger partial charge in [-0.3, -0.25) is 9.69 Å². The number of benzene rings is 2. The number of amides is 1. The van der Waals surface area contributed by atoms with Crippen molar-refractivity contribution < 1.29 is 13.2 Å². The molecule has 2 saturated heterocycles. The van der Waals surface area contributed by atoms with Crippen LogP contribution in [0.25, 0.3) is 11.1 Å². The van der Waals surface area contributed by atoms with E-state index < -0.39 is 9.84 Å². The van der Waals surface area contributed by atoms with Gasteiger partial charge in [0.15, 0.2) is 9.84 Å². The lowest BCUT2D eigenvalue weighted by atomic mass is 10.0. The van der Waals surface area contributed by atoms with Crippen molar-refractivity contribution in [2.24, 2.45) is 0 Å². The molecule has 6 heteroatoms. The molecule has 2 aromatic carbocycles. The largest absolute Gasteiger partial charge is 0.336 e. The Morgan fingerprint density at radius 1 is 0.926 bits per heavy atom. The van der Waals surface area contributed by atoms with Gasteiger partial charge < -0.3 is 4.90 Å². The molecule has 2 fully saturated rings. The molecule has 1 amide bonds. The fourth-order valence-electron chi connectivity index (χ4n) is 4.28. The van der Waals surface area contributed by atoms with Crippen molar-refractivity contribution in [3.05, 3.63) is 60.2 Å². The van der Waals surface area contributed by atoms with Crippen LogP contribution in [-0.2, 0) is 21.2 Å². The molecule has 0 aliphatic carbocycles. The highest BCUT2D eigenvalue weighted by Gasteiger charge is 2.47. The highest BCUT2D eigenvalue weighted by atomic mass is 32.2. The fraction of sp³-hybridized carbons (Fsp3) is 0.381. The average Bonchev–Trinajstić information content (AvgIpc) is 2.98. The second kappa shape index (κ2) is 7.09. The Labute approximate surface area is 160 Å². The van der Waals surface area contributed by atoms with Gasteiger partial charge in [-0.2, -0.15) is 0 Å². The van der Waals surface area contributed by atoms with Crippen LogP contribution in [0.1, 0.15) is 12.5 Å². The molecule has 0 spiro atoms. The summed E-state index contributed by atoms with van der Waals surface area (Å²) in [7, 11) is -3.10. The predicted octanol–water partition coefficient (Wildman–Crippen LogP) is 2.18. The molecule has 0 radical (unpaired) electrons. The second-order valence-corrected chi connectivity index (χ2v) is 9.61. The first-order chi connectivity index (χ1) is 12.9. The third-order valence-corrected chi connectivity index (χ3v) is 7.34. The van der Waals surface area contributed by atoms with E-state index in [-0.39, 0.29) is 29.5 Å². The molecular weight excluding hydrogens is 360 g/mol. The van der Waals surface area contributed by atoms with E-state index in [1.165, 1.54) is 18.1 Å².